The van der Waals surface area contributed by atoms with Crippen LogP contribution in [0.1, 0.15) is 64.5 Å². The topological polar surface area (TPSA) is 21.3 Å². The smallest absolute Gasteiger partial charge is 0.124 e. The van der Waals surface area contributed by atoms with E-state index in [-0.39, 0.29) is 0 Å². The summed E-state index contributed by atoms with van der Waals surface area (Å²) in [6, 6.07) is 9.32. The van der Waals surface area contributed by atoms with Crippen LogP contribution in [0.15, 0.2) is 24.3 Å². The lowest BCUT2D eigenvalue weighted by Gasteiger charge is -2.31. The normalized spacial score (nSPS) is 19.6. The van der Waals surface area contributed by atoms with Crippen LogP contribution in [0.3, 0.4) is 0 Å². The molecule has 1 N–H and O–H groups in total. The molecule has 1 aliphatic rings. The van der Waals surface area contributed by atoms with Gasteiger partial charge in [-0.15, -0.1) is 0 Å². The van der Waals surface area contributed by atoms with Gasteiger partial charge >= 0.3 is 0 Å². The Labute approximate surface area is 123 Å². The Morgan fingerprint density at radius 2 is 1.85 bits per heavy atom. The van der Waals surface area contributed by atoms with E-state index in [4.69, 9.17) is 4.74 Å². The van der Waals surface area contributed by atoms with E-state index in [0.29, 0.717) is 12.1 Å². The number of hydrogen-bond donors (Lipinski definition) is 1. The molecule has 0 bridgehead atoms. The van der Waals surface area contributed by atoms with Crippen LogP contribution in [0.2, 0.25) is 0 Å². The molecule has 2 atom stereocenters. The van der Waals surface area contributed by atoms with E-state index in [0.717, 1.165) is 18.3 Å². The molecule has 0 heterocycles. The number of nitrogens with one attached hydrogen (secondary N) is 1. The zero-order valence-corrected chi connectivity index (χ0v) is 13.2. The van der Waals surface area contributed by atoms with Gasteiger partial charge in [-0.3, -0.25) is 0 Å². The van der Waals surface area contributed by atoms with Gasteiger partial charge in [-0.25, -0.2) is 0 Å². The lowest BCUT2D eigenvalue weighted by molar-refractivity contribution is 0.265. The molecule has 0 saturated heterocycles. The Balaban J connectivity index is 1.98. The molecule has 112 valence electrons. The largest absolute Gasteiger partial charge is 0.494 e. The van der Waals surface area contributed by atoms with Crippen LogP contribution >= 0.6 is 0 Å². The van der Waals surface area contributed by atoms with Gasteiger partial charge in [0.25, 0.3) is 0 Å². The predicted octanol–water partition coefficient (Wildman–Crippen LogP) is 4.70. The van der Waals surface area contributed by atoms with Crippen LogP contribution in [0.25, 0.3) is 0 Å². The van der Waals surface area contributed by atoms with Gasteiger partial charge in [-0.2, -0.15) is 0 Å². The van der Waals surface area contributed by atoms with E-state index in [1.54, 1.807) is 0 Å². The standard InChI is InChI=1S/C18H29NO/c1-4-20-18-13-9-8-12-17(18)15(3)19-14(2)16-10-6-5-7-11-16/h8-9,12-16,19H,4-7,10-11H2,1-3H3. The van der Waals surface area contributed by atoms with Gasteiger partial charge in [-0.05, 0) is 45.6 Å². The molecule has 0 spiro atoms. The van der Waals surface area contributed by atoms with Crippen molar-refractivity contribution in [3.8, 4) is 5.75 Å². The van der Waals surface area contributed by atoms with Crippen LogP contribution in [0, 0.1) is 5.92 Å². The maximum atomic E-state index is 5.75. The van der Waals surface area contributed by atoms with Crippen molar-refractivity contribution < 1.29 is 4.74 Å². The predicted molar refractivity (Wildman–Crippen MR) is 85.2 cm³/mol. The van der Waals surface area contributed by atoms with E-state index >= 15 is 0 Å². The number of para-hydroxylation sites is 1. The summed E-state index contributed by atoms with van der Waals surface area (Å²) in [4.78, 5) is 0. The third-order valence-electron chi connectivity index (χ3n) is 4.56. The van der Waals surface area contributed by atoms with Crippen molar-refractivity contribution in [1.82, 2.24) is 5.32 Å². The fourth-order valence-electron chi connectivity index (χ4n) is 3.38. The van der Waals surface area contributed by atoms with Crippen LogP contribution in [-0.2, 0) is 0 Å². The molecule has 0 amide bonds. The summed E-state index contributed by atoms with van der Waals surface area (Å²) < 4.78 is 5.75. The molecular formula is C18H29NO. The molecule has 2 nitrogen and oxygen atoms in total. The van der Waals surface area contributed by atoms with Gasteiger partial charge in [0, 0.05) is 17.6 Å². The third-order valence-corrected chi connectivity index (χ3v) is 4.56. The fourth-order valence-corrected chi connectivity index (χ4v) is 3.38. The first-order valence-electron chi connectivity index (χ1n) is 8.20. The summed E-state index contributed by atoms with van der Waals surface area (Å²) in [5.74, 6) is 1.86. The summed E-state index contributed by atoms with van der Waals surface area (Å²) in [7, 11) is 0. The van der Waals surface area contributed by atoms with Gasteiger partial charge in [0.15, 0.2) is 0 Å². The molecule has 1 saturated carbocycles. The lowest BCUT2D eigenvalue weighted by Crippen LogP contribution is -2.36. The second-order valence-corrected chi connectivity index (χ2v) is 6.05. The molecule has 0 aromatic heterocycles. The Kier molecular flexibility index (Phi) is 5.90. The highest BCUT2D eigenvalue weighted by molar-refractivity contribution is 5.35. The summed E-state index contributed by atoms with van der Waals surface area (Å²) >= 11 is 0. The third kappa shape index (κ3) is 3.99. The lowest BCUT2D eigenvalue weighted by atomic mass is 9.84. The van der Waals surface area contributed by atoms with Crippen molar-refractivity contribution in [1.29, 1.82) is 0 Å². The van der Waals surface area contributed by atoms with Crippen molar-refractivity contribution in [2.24, 2.45) is 5.92 Å². The monoisotopic (exact) mass is 275 g/mol. The summed E-state index contributed by atoms with van der Waals surface area (Å²) in [6.45, 7) is 7.36. The second kappa shape index (κ2) is 7.68. The van der Waals surface area contributed by atoms with Crippen molar-refractivity contribution in [2.75, 3.05) is 6.61 Å². The van der Waals surface area contributed by atoms with Crippen LogP contribution < -0.4 is 10.1 Å². The van der Waals surface area contributed by atoms with E-state index < -0.39 is 0 Å². The van der Waals surface area contributed by atoms with Crippen molar-refractivity contribution in [2.45, 2.75) is 65.0 Å². The number of rotatable bonds is 6. The minimum Gasteiger partial charge on any atom is -0.494 e. The molecule has 2 unspecified atom stereocenters. The SMILES string of the molecule is CCOc1ccccc1C(C)NC(C)C1CCCCC1. The summed E-state index contributed by atoms with van der Waals surface area (Å²) in [5, 5.41) is 3.78. The molecule has 1 fully saturated rings. The highest BCUT2D eigenvalue weighted by Gasteiger charge is 2.22. The number of benzene rings is 1. The van der Waals surface area contributed by atoms with Gasteiger partial charge in [0.2, 0.25) is 0 Å². The first-order chi connectivity index (χ1) is 9.72. The van der Waals surface area contributed by atoms with E-state index in [2.05, 4.69) is 37.4 Å². The minimum absolute atomic E-state index is 0.342. The zero-order chi connectivity index (χ0) is 14.4. The molecule has 1 aliphatic carbocycles. The second-order valence-electron chi connectivity index (χ2n) is 6.05. The van der Waals surface area contributed by atoms with Crippen molar-refractivity contribution in [3.63, 3.8) is 0 Å². The van der Waals surface area contributed by atoms with Crippen LogP contribution in [0.4, 0.5) is 0 Å². The first-order valence-corrected chi connectivity index (χ1v) is 8.20. The molecule has 20 heavy (non-hydrogen) atoms. The van der Waals surface area contributed by atoms with E-state index in [1.165, 1.54) is 37.7 Å². The highest BCUT2D eigenvalue weighted by Crippen LogP contribution is 2.29. The summed E-state index contributed by atoms with van der Waals surface area (Å²) in [6.07, 6.45) is 7.00. The van der Waals surface area contributed by atoms with Crippen molar-refractivity contribution in [3.05, 3.63) is 29.8 Å². The maximum absolute atomic E-state index is 5.75. The van der Waals surface area contributed by atoms with Gasteiger partial charge < -0.3 is 10.1 Å². The highest BCUT2D eigenvalue weighted by atomic mass is 16.5. The summed E-state index contributed by atoms with van der Waals surface area (Å²) in [5.41, 5.74) is 1.28. The Bertz CT molecular complexity index is 398. The Morgan fingerprint density at radius 1 is 1.15 bits per heavy atom. The van der Waals surface area contributed by atoms with Gasteiger partial charge in [-0.1, -0.05) is 37.5 Å². The zero-order valence-electron chi connectivity index (χ0n) is 13.2. The van der Waals surface area contributed by atoms with Crippen LogP contribution in [-0.4, -0.2) is 12.6 Å². The molecule has 1 aromatic carbocycles. The fraction of sp³-hybridized carbons (Fsp3) is 0.667. The van der Waals surface area contributed by atoms with Gasteiger partial charge in [0.05, 0.1) is 6.61 Å². The Morgan fingerprint density at radius 3 is 2.55 bits per heavy atom. The molecule has 0 aliphatic heterocycles. The van der Waals surface area contributed by atoms with Gasteiger partial charge in [0.1, 0.15) is 5.75 Å². The molecule has 1 aromatic rings. The first kappa shape index (κ1) is 15.4. The Hall–Kier alpha value is -1.02. The molecular weight excluding hydrogens is 246 g/mol. The van der Waals surface area contributed by atoms with Crippen LogP contribution in [0.5, 0.6) is 5.75 Å². The molecule has 2 rings (SSSR count). The average molecular weight is 275 g/mol. The average Bonchev–Trinajstić information content (AvgIpc) is 2.49. The molecule has 2 heteroatoms. The minimum atomic E-state index is 0.342. The molecule has 0 radical (unpaired) electrons. The van der Waals surface area contributed by atoms with Crippen molar-refractivity contribution >= 4 is 0 Å². The number of ether oxygens (including phenoxy) is 1. The maximum Gasteiger partial charge on any atom is 0.124 e. The number of hydrogen-bond acceptors (Lipinski definition) is 2. The van der Waals surface area contributed by atoms with E-state index in [9.17, 15) is 0 Å². The quantitative estimate of drug-likeness (QED) is 0.812. The van der Waals surface area contributed by atoms with E-state index in [1.807, 2.05) is 13.0 Å².